The molecule has 33 heavy (non-hydrogen) atoms. The van der Waals surface area contributed by atoms with Crippen LogP contribution in [0, 0.1) is 57.7 Å². The van der Waals surface area contributed by atoms with Crippen molar-refractivity contribution in [2.75, 3.05) is 13.7 Å². The van der Waals surface area contributed by atoms with E-state index in [0.29, 0.717) is 29.4 Å². The van der Waals surface area contributed by atoms with E-state index in [0.717, 1.165) is 36.7 Å². The van der Waals surface area contributed by atoms with Gasteiger partial charge in [0.25, 0.3) is 0 Å². The quantitative estimate of drug-likeness (QED) is 0.562. The smallest absolute Gasteiger partial charge is 0.162 e. The Morgan fingerprint density at radius 2 is 2.06 bits per heavy atom. The maximum Gasteiger partial charge on any atom is 0.162 e. The minimum Gasteiger partial charge on any atom is -0.384 e. The maximum atomic E-state index is 13.4. The van der Waals surface area contributed by atoms with Crippen LogP contribution in [0.25, 0.3) is 0 Å². The lowest BCUT2D eigenvalue weighted by Crippen LogP contribution is -2.55. The number of rotatable bonds is 6. The van der Waals surface area contributed by atoms with Crippen LogP contribution < -0.4 is 0 Å². The van der Waals surface area contributed by atoms with Gasteiger partial charge in [0.05, 0.1) is 6.54 Å². The third kappa shape index (κ3) is 3.68. The van der Waals surface area contributed by atoms with Gasteiger partial charge in [-0.1, -0.05) is 13.8 Å². The molecule has 5 nitrogen and oxygen atoms in total. The van der Waals surface area contributed by atoms with E-state index in [9.17, 15) is 4.79 Å². The van der Waals surface area contributed by atoms with Gasteiger partial charge in [0.2, 0.25) is 0 Å². The molecule has 4 saturated carbocycles. The molecule has 1 aromatic heterocycles. The molecule has 5 rings (SSSR count). The molecule has 1 aromatic rings. The molecule has 4 aliphatic rings. The zero-order valence-corrected chi connectivity index (χ0v) is 20.8. The molecule has 0 spiro atoms. The molecule has 4 fully saturated rings. The summed E-state index contributed by atoms with van der Waals surface area (Å²) in [5, 5.41) is 13.3. The highest BCUT2D eigenvalue weighted by Gasteiger charge is 2.61. The fraction of sp³-hybridized carbons (Fsp3) is 0.821. The second kappa shape index (κ2) is 8.84. The number of fused-ring (bicyclic) bond motifs is 5. The number of nitrogens with zero attached hydrogens (tertiary/aromatic N) is 3. The summed E-state index contributed by atoms with van der Waals surface area (Å²) in [6.07, 6.45) is 14.7. The van der Waals surface area contributed by atoms with Crippen LogP contribution in [-0.2, 0) is 16.1 Å². The Morgan fingerprint density at radius 1 is 1.21 bits per heavy atom. The van der Waals surface area contributed by atoms with E-state index >= 15 is 0 Å². The number of nitriles is 1. The molecule has 0 saturated heterocycles. The first-order chi connectivity index (χ1) is 15.9. The normalized spacial score (nSPS) is 42.1. The number of methoxy groups -OCH3 is 1. The molecule has 0 N–H and O–H groups in total. The van der Waals surface area contributed by atoms with E-state index in [1.807, 2.05) is 7.11 Å². The minimum absolute atomic E-state index is 0.137. The van der Waals surface area contributed by atoms with Gasteiger partial charge in [0, 0.05) is 25.8 Å². The van der Waals surface area contributed by atoms with Gasteiger partial charge in [0.15, 0.2) is 11.5 Å². The third-order valence-electron chi connectivity index (χ3n) is 11.0. The Labute approximate surface area is 199 Å². The number of Topliss-reactive ketones (excluding diaryl/α,β-unsaturated/α-hetero) is 1. The van der Waals surface area contributed by atoms with Crippen LogP contribution in [-0.4, -0.2) is 29.3 Å². The number of aromatic nitrogens is 2. The SMILES string of the molecule is CCC12CCC(COC)CC1CCC1C3CCC(C(=O)Cn4ccc(C#N)n4)C3(C)CCC12. The van der Waals surface area contributed by atoms with Gasteiger partial charge in [-0.05, 0) is 111 Å². The Kier molecular flexibility index (Phi) is 6.18. The first kappa shape index (κ1) is 23.1. The number of ether oxygens (including phenoxy) is 1. The number of hydrogen-bond acceptors (Lipinski definition) is 4. The highest BCUT2D eigenvalue weighted by atomic mass is 16.5. The summed E-state index contributed by atoms with van der Waals surface area (Å²) in [6.45, 7) is 6.14. The molecule has 0 amide bonds. The van der Waals surface area contributed by atoms with Gasteiger partial charge in [-0.2, -0.15) is 10.4 Å². The van der Waals surface area contributed by atoms with Gasteiger partial charge in [-0.25, -0.2) is 0 Å². The second-order valence-electron chi connectivity index (χ2n) is 12.0. The van der Waals surface area contributed by atoms with Crippen LogP contribution in [0.3, 0.4) is 0 Å². The Bertz CT molecular complexity index is 918. The Balaban J connectivity index is 1.33. The van der Waals surface area contributed by atoms with Gasteiger partial charge in [-0.3, -0.25) is 9.48 Å². The highest BCUT2D eigenvalue weighted by molar-refractivity contribution is 5.82. The number of ketones is 1. The Hall–Kier alpha value is -1.67. The Morgan fingerprint density at radius 3 is 2.79 bits per heavy atom. The number of hydrogen-bond donors (Lipinski definition) is 0. The topological polar surface area (TPSA) is 67.9 Å². The first-order valence-electron chi connectivity index (χ1n) is 13.4. The summed E-state index contributed by atoms with van der Waals surface area (Å²) in [5.74, 6) is 4.43. The molecule has 0 aromatic carbocycles. The number of carbonyl (C=O) groups excluding carboxylic acids is 1. The predicted molar refractivity (Wildman–Crippen MR) is 127 cm³/mol. The number of carbonyl (C=O) groups is 1. The molecule has 8 atom stereocenters. The fourth-order valence-electron chi connectivity index (χ4n) is 9.55. The lowest BCUT2D eigenvalue weighted by molar-refractivity contribution is -0.142. The molecule has 4 aliphatic carbocycles. The zero-order valence-electron chi connectivity index (χ0n) is 20.8. The summed E-state index contributed by atoms with van der Waals surface area (Å²) in [6, 6.07) is 3.76. The van der Waals surface area contributed by atoms with Crippen LogP contribution in [0.15, 0.2) is 12.3 Å². The summed E-state index contributed by atoms with van der Waals surface area (Å²) < 4.78 is 7.20. The summed E-state index contributed by atoms with van der Waals surface area (Å²) in [7, 11) is 1.85. The minimum atomic E-state index is 0.137. The van der Waals surface area contributed by atoms with E-state index in [-0.39, 0.29) is 11.3 Å². The van der Waals surface area contributed by atoms with Crippen molar-refractivity contribution >= 4 is 5.78 Å². The van der Waals surface area contributed by atoms with Crippen molar-refractivity contribution in [2.24, 2.45) is 46.3 Å². The van der Waals surface area contributed by atoms with Crippen molar-refractivity contribution in [3.8, 4) is 6.07 Å². The van der Waals surface area contributed by atoms with Gasteiger partial charge < -0.3 is 4.74 Å². The molecule has 5 heteroatoms. The maximum absolute atomic E-state index is 13.4. The average molecular weight is 452 g/mol. The highest BCUT2D eigenvalue weighted by Crippen LogP contribution is 2.68. The second-order valence-corrected chi connectivity index (χ2v) is 12.0. The largest absolute Gasteiger partial charge is 0.384 e. The molecule has 0 radical (unpaired) electrons. The van der Waals surface area contributed by atoms with Crippen LogP contribution in [0.5, 0.6) is 0 Å². The summed E-state index contributed by atoms with van der Waals surface area (Å²) >= 11 is 0. The summed E-state index contributed by atoms with van der Waals surface area (Å²) in [4.78, 5) is 13.4. The van der Waals surface area contributed by atoms with E-state index in [1.165, 1.54) is 57.8 Å². The first-order valence-corrected chi connectivity index (χ1v) is 13.4. The zero-order chi connectivity index (χ0) is 23.2. The van der Waals surface area contributed by atoms with Crippen LogP contribution >= 0.6 is 0 Å². The van der Waals surface area contributed by atoms with Crippen molar-refractivity contribution < 1.29 is 9.53 Å². The van der Waals surface area contributed by atoms with Gasteiger partial charge >= 0.3 is 0 Å². The van der Waals surface area contributed by atoms with E-state index in [2.05, 4.69) is 25.0 Å². The standard InChI is InChI=1S/C28H41N3O2/c1-4-28-13-9-19(18-33-3)15-20(28)5-6-22-23-7-8-25(27(23,2)12-10-24(22)28)26(32)17-31-14-11-21(16-29)30-31/h11,14,19-20,22-25H,4-10,12-13,15,17-18H2,1-3H3. The van der Waals surface area contributed by atoms with Gasteiger partial charge in [0.1, 0.15) is 6.07 Å². The van der Waals surface area contributed by atoms with Crippen LogP contribution in [0.1, 0.15) is 83.7 Å². The van der Waals surface area contributed by atoms with Crippen molar-refractivity contribution in [1.82, 2.24) is 9.78 Å². The predicted octanol–water partition coefficient (Wildman–Crippen LogP) is 5.64. The van der Waals surface area contributed by atoms with Crippen LogP contribution in [0.4, 0.5) is 0 Å². The molecule has 8 unspecified atom stereocenters. The lowest BCUT2D eigenvalue weighted by atomic mass is 9.43. The van der Waals surface area contributed by atoms with Crippen molar-refractivity contribution in [2.45, 2.75) is 84.6 Å². The lowest BCUT2D eigenvalue weighted by Gasteiger charge is -2.62. The molecular formula is C28H41N3O2. The summed E-state index contributed by atoms with van der Waals surface area (Å²) in [5.41, 5.74) is 1.05. The van der Waals surface area contributed by atoms with Crippen molar-refractivity contribution in [3.63, 3.8) is 0 Å². The van der Waals surface area contributed by atoms with Crippen LogP contribution in [0.2, 0.25) is 0 Å². The molecule has 1 heterocycles. The average Bonchev–Trinajstić information content (AvgIpc) is 3.42. The molecule has 0 aliphatic heterocycles. The third-order valence-corrected chi connectivity index (χ3v) is 11.0. The molecule has 180 valence electrons. The van der Waals surface area contributed by atoms with E-state index in [1.54, 1.807) is 16.9 Å². The fourth-order valence-corrected chi connectivity index (χ4v) is 9.55. The monoisotopic (exact) mass is 451 g/mol. The van der Waals surface area contributed by atoms with Gasteiger partial charge in [-0.15, -0.1) is 0 Å². The van der Waals surface area contributed by atoms with Crippen molar-refractivity contribution in [3.05, 3.63) is 18.0 Å². The van der Waals surface area contributed by atoms with E-state index in [4.69, 9.17) is 10.00 Å². The van der Waals surface area contributed by atoms with E-state index < -0.39 is 0 Å². The molecular weight excluding hydrogens is 410 g/mol. The molecule has 0 bridgehead atoms. The van der Waals surface area contributed by atoms with Crippen molar-refractivity contribution in [1.29, 1.82) is 5.26 Å².